The van der Waals surface area contributed by atoms with E-state index in [0.717, 1.165) is 18.4 Å². The summed E-state index contributed by atoms with van der Waals surface area (Å²) in [6, 6.07) is 11.7. The minimum Gasteiger partial charge on any atom is -0.491 e. The Morgan fingerprint density at radius 1 is 1.14 bits per heavy atom. The molecule has 1 N–H and O–H groups in total. The second-order valence-electron chi connectivity index (χ2n) is 9.91. The normalized spacial score (nSPS) is 13.7. The van der Waals surface area contributed by atoms with Crippen LogP contribution in [0.15, 0.2) is 36.4 Å². The van der Waals surface area contributed by atoms with Gasteiger partial charge in [-0.05, 0) is 47.6 Å². The smallest absolute Gasteiger partial charge is 0.256 e. The molecule has 0 fully saturated rings. The van der Waals surface area contributed by atoms with Gasteiger partial charge in [0.25, 0.3) is 5.91 Å². The van der Waals surface area contributed by atoms with E-state index in [9.17, 15) is 9.59 Å². The Morgan fingerprint density at radius 3 is 2.49 bits per heavy atom. The Labute approximate surface area is 221 Å². The fourth-order valence-electron chi connectivity index (χ4n) is 4.71. The third-order valence-electron chi connectivity index (χ3n) is 6.77. The number of amides is 2. The standard InChI is InChI=1S/C28H35N5O3.CH4/c1-20(2)8-7-12-30-26(34)18-32(25-15-24(29-3)14-21-11-13-36-28(21)25)19-27(35)31(4)33-16-22-9-5-6-10-23(22)17-33;/h5-6,9-10,14-15,20H,7-8,11-13,16-19H2,1-2,4H3,(H,30,34);1H4. The van der Waals surface area contributed by atoms with E-state index in [1.54, 1.807) is 23.0 Å². The molecule has 0 atom stereocenters. The van der Waals surface area contributed by atoms with Crippen molar-refractivity contribution < 1.29 is 14.3 Å². The van der Waals surface area contributed by atoms with E-state index in [1.807, 2.05) is 23.2 Å². The lowest BCUT2D eigenvalue weighted by Crippen LogP contribution is -2.48. The van der Waals surface area contributed by atoms with Gasteiger partial charge in [0, 0.05) is 33.1 Å². The van der Waals surface area contributed by atoms with Crippen LogP contribution < -0.4 is 15.0 Å². The quantitative estimate of drug-likeness (QED) is 0.379. The number of hydrazine groups is 1. The number of ether oxygens (including phenoxy) is 1. The number of benzene rings is 2. The number of nitrogens with one attached hydrogen (secondary N) is 1. The van der Waals surface area contributed by atoms with Crippen LogP contribution in [0.2, 0.25) is 0 Å². The molecule has 2 aliphatic rings. The monoisotopic (exact) mass is 505 g/mol. The topological polar surface area (TPSA) is 69.5 Å². The minimum atomic E-state index is -0.150. The molecule has 8 heteroatoms. The first-order valence-corrected chi connectivity index (χ1v) is 12.6. The Morgan fingerprint density at radius 2 is 1.84 bits per heavy atom. The van der Waals surface area contributed by atoms with E-state index in [4.69, 9.17) is 11.3 Å². The summed E-state index contributed by atoms with van der Waals surface area (Å²) >= 11 is 0. The van der Waals surface area contributed by atoms with Crippen molar-refractivity contribution in [1.29, 1.82) is 0 Å². The van der Waals surface area contributed by atoms with E-state index in [2.05, 4.69) is 36.1 Å². The summed E-state index contributed by atoms with van der Waals surface area (Å²) < 4.78 is 5.89. The van der Waals surface area contributed by atoms with Crippen LogP contribution in [0, 0.1) is 12.5 Å². The van der Waals surface area contributed by atoms with Gasteiger partial charge >= 0.3 is 0 Å². The largest absolute Gasteiger partial charge is 0.491 e. The van der Waals surface area contributed by atoms with Crippen LogP contribution in [0.3, 0.4) is 0 Å². The molecule has 4 rings (SSSR count). The summed E-state index contributed by atoms with van der Waals surface area (Å²) in [5.74, 6) is 0.969. The van der Waals surface area contributed by atoms with E-state index in [0.29, 0.717) is 55.7 Å². The van der Waals surface area contributed by atoms with Crippen molar-refractivity contribution in [1.82, 2.24) is 15.3 Å². The molecule has 0 unspecified atom stereocenters. The van der Waals surface area contributed by atoms with Crippen LogP contribution in [0.5, 0.6) is 5.75 Å². The SMILES string of the molecule is C.[C-]#[N+]c1cc2c(c(N(CC(=O)NCCCC(C)C)CC(=O)N(C)N3Cc4ccccc4C3)c1)OCC2. The Kier molecular flexibility index (Phi) is 9.54. The lowest BCUT2D eigenvalue weighted by atomic mass is 10.1. The Bertz CT molecular complexity index is 1130. The van der Waals surface area contributed by atoms with E-state index in [-0.39, 0.29) is 32.3 Å². The number of carbonyl (C=O) groups excluding carboxylic acids is 2. The fraction of sp³-hybridized carbons (Fsp3) is 0.483. The molecule has 2 aliphatic heterocycles. The molecule has 2 aromatic rings. The van der Waals surface area contributed by atoms with E-state index >= 15 is 0 Å². The van der Waals surface area contributed by atoms with Crippen LogP contribution >= 0.6 is 0 Å². The average molecular weight is 506 g/mol. The highest BCUT2D eigenvalue weighted by molar-refractivity contribution is 5.88. The molecular formula is C29H39N5O3. The third-order valence-corrected chi connectivity index (χ3v) is 6.77. The van der Waals surface area contributed by atoms with Gasteiger partial charge in [-0.25, -0.2) is 9.85 Å². The molecule has 0 spiro atoms. The summed E-state index contributed by atoms with van der Waals surface area (Å²) in [5, 5.41) is 6.64. The van der Waals surface area contributed by atoms with Crippen molar-refractivity contribution in [2.45, 2.75) is 53.6 Å². The lowest BCUT2D eigenvalue weighted by molar-refractivity contribution is -0.145. The molecule has 0 aliphatic carbocycles. The number of nitrogens with zero attached hydrogens (tertiary/aromatic N) is 4. The first kappa shape index (κ1) is 28.0. The van der Waals surface area contributed by atoms with Gasteiger partial charge in [0.1, 0.15) is 5.75 Å². The van der Waals surface area contributed by atoms with Crippen molar-refractivity contribution in [3.8, 4) is 5.75 Å². The summed E-state index contributed by atoms with van der Waals surface area (Å²) in [4.78, 5) is 31.7. The lowest BCUT2D eigenvalue weighted by Gasteiger charge is -2.32. The molecule has 0 saturated carbocycles. The maximum atomic E-state index is 13.4. The predicted octanol–water partition coefficient (Wildman–Crippen LogP) is 4.56. The van der Waals surface area contributed by atoms with Gasteiger partial charge in [0.15, 0.2) is 5.69 Å². The van der Waals surface area contributed by atoms with Crippen LogP contribution in [0.1, 0.15) is 50.8 Å². The molecule has 8 nitrogen and oxygen atoms in total. The number of hydrogen-bond donors (Lipinski definition) is 1. The molecule has 2 amide bonds. The van der Waals surface area contributed by atoms with Gasteiger partial charge in [0.05, 0.1) is 32.0 Å². The molecule has 37 heavy (non-hydrogen) atoms. The summed E-state index contributed by atoms with van der Waals surface area (Å²) in [6.45, 7) is 14.3. The Hall–Kier alpha value is -3.57. The van der Waals surface area contributed by atoms with Crippen LogP contribution in [0.4, 0.5) is 11.4 Å². The van der Waals surface area contributed by atoms with Gasteiger partial charge in [-0.1, -0.05) is 45.5 Å². The van der Waals surface area contributed by atoms with Crippen LogP contribution in [0.25, 0.3) is 4.85 Å². The van der Waals surface area contributed by atoms with Crippen molar-refractivity contribution in [2.24, 2.45) is 5.92 Å². The highest BCUT2D eigenvalue weighted by Crippen LogP contribution is 2.40. The zero-order chi connectivity index (χ0) is 25.7. The molecule has 0 radical (unpaired) electrons. The van der Waals surface area contributed by atoms with Crippen LogP contribution in [-0.4, -0.2) is 55.1 Å². The zero-order valence-corrected chi connectivity index (χ0v) is 21.4. The second-order valence-corrected chi connectivity index (χ2v) is 9.91. The number of rotatable bonds is 10. The molecule has 2 heterocycles. The van der Waals surface area contributed by atoms with Gasteiger partial charge in [-0.3, -0.25) is 14.6 Å². The highest BCUT2D eigenvalue weighted by Gasteiger charge is 2.29. The molecule has 0 bridgehead atoms. The summed E-state index contributed by atoms with van der Waals surface area (Å²) in [5.41, 5.74) is 4.47. The summed E-state index contributed by atoms with van der Waals surface area (Å²) in [7, 11) is 1.77. The average Bonchev–Trinajstić information content (AvgIpc) is 3.52. The van der Waals surface area contributed by atoms with Gasteiger partial charge in [-0.15, -0.1) is 0 Å². The number of fused-ring (bicyclic) bond motifs is 2. The second kappa shape index (κ2) is 12.6. The number of hydrogen-bond acceptors (Lipinski definition) is 5. The van der Waals surface area contributed by atoms with Crippen molar-refractivity contribution in [2.75, 3.05) is 38.2 Å². The van der Waals surface area contributed by atoms with E-state index < -0.39 is 0 Å². The van der Waals surface area contributed by atoms with Crippen molar-refractivity contribution in [3.63, 3.8) is 0 Å². The maximum absolute atomic E-state index is 13.4. The highest BCUT2D eigenvalue weighted by atomic mass is 16.5. The van der Waals surface area contributed by atoms with Gasteiger partial charge < -0.3 is 15.0 Å². The number of carbonyl (C=O) groups is 2. The molecule has 198 valence electrons. The molecule has 0 saturated heterocycles. The predicted molar refractivity (Wildman–Crippen MR) is 146 cm³/mol. The fourth-order valence-corrected chi connectivity index (χ4v) is 4.71. The maximum Gasteiger partial charge on any atom is 0.256 e. The molecule has 2 aromatic carbocycles. The van der Waals surface area contributed by atoms with Gasteiger partial charge in [-0.2, -0.15) is 0 Å². The number of likely N-dealkylation sites (N-methyl/N-ethyl adjacent to an activating group) is 1. The minimum absolute atomic E-state index is 0. The van der Waals surface area contributed by atoms with Crippen molar-refractivity contribution >= 4 is 23.2 Å². The third kappa shape index (κ3) is 6.80. The summed E-state index contributed by atoms with van der Waals surface area (Å²) in [6.07, 6.45) is 2.66. The Balaban J connectivity index is 0.00000380. The number of anilines is 1. The van der Waals surface area contributed by atoms with Crippen LogP contribution in [-0.2, 0) is 29.1 Å². The van der Waals surface area contributed by atoms with E-state index in [1.165, 1.54) is 11.1 Å². The molecule has 0 aromatic heterocycles. The first-order valence-electron chi connectivity index (χ1n) is 12.6. The first-order chi connectivity index (χ1) is 17.4. The zero-order valence-electron chi connectivity index (χ0n) is 21.4. The van der Waals surface area contributed by atoms with Gasteiger partial charge in [0.2, 0.25) is 5.91 Å². The van der Waals surface area contributed by atoms with Crippen molar-refractivity contribution in [3.05, 3.63) is 64.5 Å². The molecular weight excluding hydrogens is 466 g/mol.